The Kier molecular flexibility index (Phi) is 2.92. The molecule has 0 unspecified atom stereocenters. The van der Waals surface area contributed by atoms with Gasteiger partial charge in [-0.15, -0.1) is 11.3 Å². The second-order valence-corrected chi connectivity index (χ2v) is 4.54. The van der Waals surface area contributed by atoms with Crippen molar-refractivity contribution in [2.75, 3.05) is 22.5 Å². The summed E-state index contributed by atoms with van der Waals surface area (Å²) in [4.78, 5) is 1.12. The van der Waals surface area contributed by atoms with Crippen LogP contribution in [0.3, 0.4) is 0 Å². The van der Waals surface area contributed by atoms with Crippen LogP contribution in [0, 0.1) is 5.21 Å². The molecule has 0 atom stereocenters. The van der Waals surface area contributed by atoms with Crippen LogP contribution in [-0.2, 0) is 6.54 Å². The van der Waals surface area contributed by atoms with Gasteiger partial charge in [0.2, 0.25) is 11.6 Å². The molecular weight excluding hydrogens is 238 g/mol. The Bertz CT molecular complexity index is 526. The van der Waals surface area contributed by atoms with E-state index in [0.29, 0.717) is 22.6 Å². The summed E-state index contributed by atoms with van der Waals surface area (Å²) in [5.74, 6) is -0.0271. The molecule has 0 aliphatic heterocycles. The average molecular weight is 251 g/mol. The van der Waals surface area contributed by atoms with Crippen molar-refractivity contribution in [3.8, 4) is 0 Å². The fourth-order valence-corrected chi connectivity index (χ4v) is 2.10. The lowest BCUT2D eigenvalue weighted by atomic mass is 10.3. The first-order valence-electron chi connectivity index (χ1n) is 4.93. The molecule has 90 valence electrons. The smallest absolute Gasteiger partial charge is 0.245 e. The van der Waals surface area contributed by atoms with Crippen LogP contribution in [0.15, 0.2) is 23.6 Å². The fourth-order valence-electron chi connectivity index (χ4n) is 1.46. The zero-order chi connectivity index (χ0) is 12.4. The van der Waals surface area contributed by atoms with Crippen LogP contribution in [-0.4, -0.2) is 0 Å². The third-order valence-electron chi connectivity index (χ3n) is 2.32. The molecule has 7 N–H and O–H groups in total. The standard InChI is InChI=1S/C10H13N5OS/c11-7-4-8(12)15(16)10(13)9(7)14-5-6-2-1-3-17-6/h1-4,14H,5,11-13H2. The Morgan fingerprint density at radius 3 is 2.76 bits per heavy atom. The summed E-state index contributed by atoms with van der Waals surface area (Å²) in [6, 6.07) is 5.32. The lowest BCUT2D eigenvalue weighted by Crippen LogP contribution is -2.35. The quantitative estimate of drug-likeness (QED) is 0.474. The van der Waals surface area contributed by atoms with Gasteiger partial charge in [0.25, 0.3) is 0 Å². The van der Waals surface area contributed by atoms with E-state index in [4.69, 9.17) is 17.2 Å². The van der Waals surface area contributed by atoms with Crippen molar-refractivity contribution in [1.82, 2.24) is 0 Å². The molecule has 0 aromatic carbocycles. The molecule has 17 heavy (non-hydrogen) atoms. The highest BCUT2D eigenvalue weighted by Crippen LogP contribution is 2.25. The summed E-state index contributed by atoms with van der Waals surface area (Å²) in [7, 11) is 0. The van der Waals surface area contributed by atoms with Crippen molar-refractivity contribution in [3.63, 3.8) is 0 Å². The molecule has 2 rings (SSSR count). The number of anilines is 4. The number of nitrogens with one attached hydrogen (secondary N) is 1. The van der Waals surface area contributed by atoms with E-state index in [0.717, 1.165) is 4.88 Å². The Morgan fingerprint density at radius 2 is 2.12 bits per heavy atom. The highest BCUT2D eigenvalue weighted by atomic mass is 32.1. The van der Waals surface area contributed by atoms with Crippen LogP contribution in [0.2, 0.25) is 0 Å². The fraction of sp³-hybridized carbons (Fsp3) is 0.100. The topological polar surface area (TPSA) is 117 Å². The van der Waals surface area contributed by atoms with Gasteiger partial charge in [-0.3, -0.25) is 0 Å². The number of rotatable bonds is 3. The van der Waals surface area contributed by atoms with Crippen LogP contribution in [0.25, 0.3) is 0 Å². The molecule has 0 saturated carbocycles. The van der Waals surface area contributed by atoms with Crippen LogP contribution in [0.5, 0.6) is 0 Å². The van der Waals surface area contributed by atoms with Gasteiger partial charge >= 0.3 is 0 Å². The summed E-state index contributed by atoms with van der Waals surface area (Å²) in [6.07, 6.45) is 0. The van der Waals surface area contributed by atoms with E-state index < -0.39 is 0 Å². The third-order valence-corrected chi connectivity index (χ3v) is 3.20. The first-order valence-corrected chi connectivity index (χ1v) is 5.81. The minimum atomic E-state index is -0.0148. The molecule has 2 aromatic rings. The zero-order valence-corrected chi connectivity index (χ0v) is 9.83. The van der Waals surface area contributed by atoms with Gasteiger partial charge in [0.1, 0.15) is 5.69 Å². The van der Waals surface area contributed by atoms with Crippen molar-refractivity contribution in [3.05, 3.63) is 33.7 Å². The Morgan fingerprint density at radius 1 is 1.35 bits per heavy atom. The number of pyridine rings is 1. The minimum absolute atomic E-state index is 0.0123. The summed E-state index contributed by atoms with van der Waals surface area (Å²) >= 11 is 1.61. The molecule has 7 heteroatoms. The monoisotopic (exact) mass is 251 g/mol. The first kappa shape index (κ1) is 11.3. The van der Waals surface area contributed by atoms with Gasteiger partial charge in [0, 0.05) is 17.5 Å². The van der Waals surface area contributed by atoms with Gasteiger partial charge in [-0.1, -0.05) is 6.07 Å². The highest BCUT2D eigenvalue weighted by molar-refractivity contribution is 7.09. The summed E-state index contributed by atoms with van der Waals surface area (Å²) in [5, 5.41) is 16.5. The van der Waals surface area contributed by atoms with Crippen LogP contribution in [0.4, 0.5) is 23.0 Å². The molecule has 6 nitrogen and oxygen atoms in total. The van der Waals surface area contributed by atoms with Gasteiger partial charge in [-0.2, -0.15) is 0 Å². The molecule has 0 radical (unpaired) electrons. The summed E-state index contributed by atoms with van der Waals surface area (Å²) < 4.78 is 0.452. The Balaban J connectivity index is 2.24. The number of hydrogen-bond donors (Lipinski definition) is 4. The van der Waals surface area contributed by atoms with E-state index >= 15 is 0 Å². The predicted octanol–water partition coefficient (Wildman–Crippen LogP) is 0.740. The minimum Gasteiger partial charge on any atom is -0.740 e. The van der Waals surface area contributed by atoms with Gasteiger partial charge in [0.15, 0.2) is 0 Å². The number of hydrogen-bond acceptors (Lipinski definition) is 6. The second kappa shape index (κ2) is 4.38. The van der Waals surface area contributed by atoms with Crippen molar-refractivity contribution < 1.29 is 4.73 Å². The van der Waals surface area contributed by atoms with Crippen molar-refractivity contribution in [2.45, 2.75) is 6.54 Å². The molecule has 2 aromatic heterocycles. The number of aromatic nitrogens is 1. The third kappa shape index (κ3) is 2.18. The maximum atomic E-state index is 11.5. The summed E-state index contributed by atoms with van der Waals surface area (Å²) in [6.45, 7) is 0.565. The normalized spacial score (nSPS) is 10.4. The molecule has 2 heterocycles. The maximum absolute atomic E-state index is 11.5. The van der Waals surface area contributed by atoms with Crippen molar-refractivity contribution >= 4 is 34.3 Å². The maximum Gasteiger partial charge on any atom is 0.245 e. The van der Waals surface area contributed by atoms with E-state index in [9.17, 15) is 5.21 Å². The van der Waals surface area contributed by atoms with E-state index in [2.05, 4.69) is 5.32 Å². The lowest BCUT2D eigenvalue weighted by Gasteiger charge is -2.16. The second-order valence-electron chi connectivity index (χ2n) is 3.51. The Hall–Kier alpha value is -2.15. The van der Waals surface area contributed by atoms with E-state index in [1.54, 1.807) is 11.3 Å². The largest absolute Gasteiger partial charge is 0.740 e. The molecule has 0 aliphatic rings. The molecule has 0 bridgehead atoms. The molecule has 0 amide bonds. The Labute approximate surface area is 102 Å². The molecule has 0 saturated heterocycles. The van der Waals surface area contributed by atoms with E-state index in [1.165, 1.54) is 6.07 Å². The van der Waals surface area contributed by atoms with Crippen LogP contribution in [0.1, 0.15) is 4.88 Å². The molecular formula is C10H13N5OS. The lowest BCUT2D eigenvalue weighted by molar-refractivity contribution is -0.573. The number of nitrogen functional groups attached to an aromatic ring is 3. The van der Waals surface area contributed by atoms with Gasteiger partial charge in [-0.25, -0.2) is 4.73 Å². The van der Waals surface area contributed by atoms with E-state index in [1.807, 2.05) is 17.5 Å². The zero-order valence-electron chi connectivity index (χ0n) is 9.01. The molecule has 0 fully saturated rings. The SMILES string of the molecule is Nc1cc(N)[n+]([O-])c(N)c1NCc1cccs1. The summed E-state index contributed by atoms with van der Waals surface area (Å²) in [5.41, 5.74) is 17.6. The first-order chi connectivity index (χ1) is 8.09. The molecule has 0 spiro atoms. The number of nitrogens with two attached hydrogens (primary N) is 3. The number of nitrogens with zero attached hydrogens (tertiary/aromatic N) is 1. The molecule has 0 aliphatic carbocycles. The van der Waals surface area contributed by atoms with E-state index in [-0.39, 0.29) is 11.6 Å². The average Bonchev–Trinajstić information content (AvgIpc) is 2.79. The van der Waals surface area contributed by atoms with Gasteiger partial charge < -0.3 is 27.7 Å². The van der Waals surface area contributed by atoms with Crippen molar-refractivity contribution in [2.24, 2.45) is 0 Å². The predicted molar refractivity (Wildman–Crippen MR) is 70.3 cm³/mol. The van der Waals surface area contributed by atoms with Crippen LogP contribution < -0.4 is 27.2 Å². The van der Waals surface area contributed by atoms with Gasteiger partial charge in [-0.05, 0) is 11.4 Å². The van der Waals surface area contributed by atoms with Crippen LogP contribution >= 0.6 is 11.3 Å². The number of thiophene rings is 1. The van der Waals surface area contributed by atoms with Crippen molar-refractivity contribution in [1.29, 1.82) is 0 Å². The highest BCUT2D eigenvalue weighted by Gasteiger charge is 2.12. The van der Waals surface area contributed by atoms with Gasteiger partial charge in [0.05, 0.1) is 5.69 Å².